The zero-order valence-corrected chi connectivity index (χ0v) is 12.6. The Kier molecular flexibility index (Phi) is 7.36. The molecule has 2 rings (SSSR count). The van der Waals surface area contributed by atoms with Crippen LogP contribution in [-0.2, 0) is 15.6 Å². The van der Waals surface area contributed by atoms with E-state index in [-0.39, 0.29) is 11.0 Å². The molecule has 1 atom stereocenters. The second kappa shape index (κ2) is 9.05. The smallest absolute Gasteiger partial charge is 0.230 e. The Labute approximate surface area is 127 Å². The van der Waals surface area contributed by atoms with E-state index in [1.807, 2.05) is 60.7 Å². The minimum atomic E-state index is -1.36. The predicted octanol–water partition coefficient (Wildman–Crippen LogP) is 1.62. The molecule has 0 bridgehead atoms. The van der Waals surface area contributed by atoms with Crippen LogP contribution >= 0.6 is 0 Å². The lowest BCUT2D eigenvalue weighted by molar-refractivity contribution is -0.115. The summed E-state index contributed by atoms with van der Waals surface area (Å²) in [6.07, 6.45) is 0. The molecular formula is C16H19NO3S. The number of benzene rings is 2. The van der Waals surface area contributed by atoms with Crippen LogP contribution in [0.1, 0.15) is 16.4 Å². The van der Waals surface area contributed by atoms with Gasteiger partial charge in [-0.3, -0.25) is 9.00 Å². The summed E-state index contributed by atoms with van der Waals surface area (Å²) in [7, 11) is -0.364. The van der Waals surface area contributed by atoms with Crippen LogP contribution in [0.4, 0.5) is 0 Å². The summed E-state index contributed by atoms with van der Waals surface area (Å²) in [6.45, 7) is 0. The molecule has 1 amide bonds. The van der Waals surface area contributed by atoms with E-state index in [1.165, 1.54) is 0 Å². The molecule has 5 heteroatoms. The van der Waals surface area contributed by atoms with Gasteiger partial charge in [-0.05, 0) is 11.1 Å². The Morgan fingerprint density at radius 2 is 1.38 bits per heavy atom. The van der Waals surface area contributed by atoms with Crippen LogP contribution in [0.5, 0.6) is 0 Å². The Morgan fingerprint density at radius 1 is 1.00 bits per heavy atom. The molecule has 0 saturated carbocycles. The quantitative estimate of drug-likeness (QED) is 0.881. The Balaban J connectivity index is 0.00000106. The third kappa shape index (κ3) is 5.13. The fourth-order valence-electron chi connectivity index (χ4n) is 1.98. The van der Waals surface area contributed by atoms with Crippen molar-refractivity contribution in [3.8, 4) is 0 Å². The monoisotopic (exact) mass is 305 g/mol. The van der Waals surface area contributed by atoms with Crippen molar-refractivity contribution in [3.63, 3.8) is 0 Å². The van der Waals surface area contributed by atoms with Gasteiger partial charge in [0.15, 0.2) is 0 Å². The molecule has 0 aliphatic carbocycles. The Hall–Kier alpha value is -1.98. The van der Waals surface area contributed by atoms with Gasteiger partial charge >= 0.3 is 0 Å². The second-order valence-electron chi connectivity index (χ2n) is 4.19. The standard InChI is InChI=1S/C15H15NO2S.CH4O/c16-14(17)11-19(18)15(12-7-3-1-4-8-12)13-9-5-2-6-10-13;1-2/h1-10,15H,11H2,(H2,16,17);2H,1H3. The minimum absolute atomic E-state index is 0.131. The first-order chi connectivity index (χ1) is 10.2. The number of primary amides is 1. The highest BCUT2D eigenvalue weighted by molar-refractivity contribution is 7.86. The molecule has 0 radical (unpaired) electrons. The van der Waals surface area contributed by atoms with Crippen LogP contribution in [0.2, 0.25) is 0 Å². The highest BCUT2D eigenvalue weighted by Crippen LogP contribution is 2.27. The lowest BCUT2D eigenvalue weighted by atomic mass is 10.0. The average molecular weight is 305 g/mol. The third-order valence-electron chi connectivity index (χ3n) is 2.75. The van der Waals surface area contributed by atoms with Crippen molar-refractivity contribution in [3.05, 3.63) is 71.8 Å². The zero-order valence-electron chi connectivity index (χ0n) is 11.8. The van der Waals surface area contributed by atoms with Crippen LogP contribution in [0, 0.1) is 0 Å². The van der Waals surface area contributed by atoms with E-state index in [9.17, 15) is 9.00 Å². The number of hydrogen-bond donors (Lipinski definition) is 2. The summed E-state index contributed by atoms with van der Waals surface area (Å²) in [5.41, 5.74) is 7.00. The van der Waals surface area contributed by atoms with E-state index < -0.39 is 16.7 Å². The molecule has 0 aromatic heterocycles. The van der Waals surface area contributed by atoms with Crippen LogP contribution in [-0.4, -0.2) is 28.1 Å². The van der Waals surface area contributed by atoms with Crippen LogP contribution in [0.3, 0.4) is 0 Å². The predicted molar refractivity (Wildman–Crippen MR) is 85.1 cm³/mol. The molecular weight excluding hydrogens is 286 g/mol. The number of hydrogen-bond acceptors (Lipinski definition) is 3. The number of carbonyl (C=O) groups excluding carboxylic acids is 1. The molecule has 1 unspecified atom stereocenters. The van der Waals surface area contributed by atoms with Gasteiger partial charge in [-0.1, -0.05) is 60.7 Å². The first kappa shape index (κ1) is 17.1. The van der Waals surface area contributed by atoms with Gasteiger partial charge in [0.05, 0.1) is 5.25 Å². The third-order valence-corrected chi connectivity index (χ3v) is 4.39. The number of carbonyl (C=O) groups is 1. The molecule has 21 heavy (non-hydrogen) atoms. The molecule has 3 N–H and O–H groups in total. The number of rotatable bonds is 5. The fourth-order valence-corrected chi connectivity index (χ4v) is 3.34. The largest absolute Gasteiger partial charge is 0.400 e. The molecule has 0 heterocycles. The Bertz CT molecular complexity index is 533. The fraction of sp³-hybridized carbons (Fsp3) is 0.188. The number of aliphatic hydroxyl groups is 1. The van der Waals surface area contributed by atoms with Gasteiger partial charge in [0.2, 0.25) is 5.91 Å². The lowest BCUT2D eigenvalue weighted by Crippen LogP contribution is -2.23. The molecule has 2 aromatic rings. The van der Waals surface area contributed by atoms with Crippen LogP contribution in [0.25, 0.3) is 0 Å². The topological polar surface area (TPSA) is 80.4 Å². The van der Waals surface area contributed by atoms with E-state index in [0.717, 1.165) is 18.2 Å². The van der Waals surface area contributed by atoms with Gasteiger partial charge in [-0.2, -0.15) is 0 Å². The summed E-state index contributed by atoms with van der Waals surface area (Å²) >= 11 is 0. The second-order valence-corrected chi connectivity index (χ2v) is 5.71. The maximum absolute atomic E-state index is 12.4. The van der Waals surface area contributed by atoms with Crippen molar-refractivity contribution in [2.75, 3.05) is 12.9 Å². The number of nitrogens with two attached hydrogens (primary N) is 1. The van der Waals surface area contributed by atoms with E-state index in [4.69, 9.17) is 10.8 Å². The number of amides is 1. The van der Waals surface area contributed by atoms with E-state index in [1.54, 1.807) is 0 Å². The minimum Gasteiger partial charge on any atom is -0.400 e. The van der Waals surface area contributed by atoms with Gasteiger partial charge in [-0.25, -0.2) is 0 Å². The summed E-state index contributed by atoms with van der Waals surface area (Å²) in [5.74, 6) is -0.677. The Morgan fingerprint density at radius 3 is 1.71 bits per heavy atom. The molecule has 0 spiro atoms. The first-order valence-electron chi connectivity index (χ1n) is 6.38. The van der Waals surface area contributed by atoms with Gasteiger partial charge in [0.1, 0.15) is 5.75 Å². The van der Waals surface area contributed by atoms with Gasteiger partial charge in [0.25, 0.3) is 0 Å². The van der Waals surface area contributed by atoms with Crippen molar-refractivity contribution >= 4 is 16.7 Å². The number of aliphatic hydroxyl groups excluding tert-OH is 1. The summed E-state index contributed by atoms with van der Waals surface area (Å²) < 4.78 is 12.4. The molecule has 0 fully saturated rings. The molecule has 2 aromatic carbocycles. The van der Waals surface area contributed by atoms with Gasteiger partial charge < -0.3 is 10.8 Å². The summed E-state index contributed by atoms with van der Waals surface area (Å²) in [5, 5.41) is 6.68. The highest BCUT2D eigenvalue weighted by atomic mass is 32.2. The first-order valence-corrected chi connectivity index (χ1v) is 7.77. The van der Waals surface area contributed by atoms with Crippen molar-refractivity contribution < 1.29 is 14.1 Å². The van der Waals surface area contributed by atoms with E-state index in [2.05, 4.69) is 0 Å². The van der Waals surface area contributed by atoms with Crippen LogP contribution in [0.15, 0.2) is 60.7 Å². The molecule has 0 aliphatic rings. The molecule has 4 nitrogen and oxygen atoms in total. The summed E-state index contributed by atoms with van der Waals surface area (Å²) in [6, 6.07) is 19.0. The molecule has 112 valence electrons. The van der Waals surface area contributed by atoms with Crippen molar-refractivity contribution in [2.45, 2.75) is 5.25 Å². The SMILES string of the molecule is CO.NC(=O)CS(=O)C(c1ccccc1)c1ccccc1. The molecule has 0 aliphatic heterocycles. The van der Waals surface area contributed by atoms with Crippen LogP contribution < -0.4 is 5.73 Å². The van der Waals surface area contributed by atoms with Crippen molar-refractivity contribution in [1.82, 2.24) is 0 Å². The van der Waals surface area contributed by atoms with Gasteiger partial charge in [-0.15, -0.1) is 0 Å². The van der Waals surface area contributed by atoms with Crippen molar-refractivity contribution in [2.24, 2.45) is 5.73 Å². The lowest BCUT2D eigenvalue weighted by Gasteiger charge is -2.16. The average Bonchev–Trinajstić information content (AvgIpc) is 2.51. The molecule has 0 saturated heterocycles. The van der Waals surface area contributed by atoms with Crippen molar-refractivity contribution in [1.29, 1.82) is 0 Å². The zero-order chi connectivity index (χ0) is 15.7. The highest BCUT2D eigenvalue weighted by Gasteiger charge is 2.22. The maximum atomic E-state index is 12.4. The van der Waals surface area contributed by atoms with E-state index >= 15 is 0 Å². The van der Waals surface area contributed by atoms with E-state index in [0.29, 0.717) is 0 Å². The maximum Gasteiger partial charge on any atom is 0.230 e. The summed E-state index contributed by atoms with van der Waals surface area (Å²) in [4.78, 5) is 11.0. The normalized spacial score (nSPS) is 11.4. The van der Waals surface area contributed by atoms with Gasteiger partial charge in [0, 0.05) is 17.9 Å².